The number of aromatic amines is 1. The number of rotatable bonds is 4. The van der Waals surface area contributed by atoms with Crippen LogP contribution in [0.1, 0.15) is 46.7 Å². The van der Waals surface area contributed by atoms with Crippen LogP contribution in [0.15, 0.2) is 30.3 Å². The van der Waals surface area contributed by atoms with Crippen LogP contribution in [0.4, 0.5) is 0 Å². The lowest BCUT2D eigenvalue weighted by molar-refractivity contribution is 0.0910. The molecule has 1 heterocycles. The third-order valence-electron chi connectivity index (χ3n) is 4.30. The van der Waals surface area contributed by atoms with Gasteiger partial charge in [0.2, 0.25) is 0 Å². The van der Waals surface area contributed by atoms with Gasteiger partial charge in [0, 0.05) is 11.3 Å². The third kappa shape index (κ3) is 2.90. The minimum absolute atomic E-state index is 0.140. The Bertz CT molecular complexity index is 651. The number of H-pyrrole nitrogens is 1. The number of carbonyl (C=O) groups excluding carboxylic acids is 1. The van der Waals surface area contributed by atoms with E-state index in [1.54, 1.807) is 0 Å². The maximum atomic E-state index is 12.5. The third-order valence-corrected chi connectivity index (χ3v) is 4.30. The molecule has 5 heteroatoms. The fraction of sp³-hybridized carbons (Fsp3) is 0.412. The molecule has 5 nitrogen and oxygen atoms in total. The number of hydrogen-bond donors (Lipinski definition) is 3. The van der Waals surface area contributed by atoms with Crippen LogP contribution in [-0.2, 0) is 12.8 Å². The van der Waals surface area contributed by atoms with Crippen LogP contribution in [0.2, 0.25) is 0 Å². The summed E-state index contributed by atoms with van der Waals surface area (Å²) in [6.07, 6.45) is 2.95. The minimum Gasteiger partial charge on any atom is -0.394 e. The summed E-state index contributed by atoms with van der Waals surface area (Å²) in [4.78, 5) is 12.5. The number of nitrogens with zero attached hydrogens (tertiary/aromatic N) is 1. The standard InChI is InChI=1S/C17H21N3O2/c1-11-7-8-14-13(9-11)16(20-19-14)17(22)18-15(10-21)12-5-3-2-4-6-12/h2-6,11,15,21H,7-10H2,1H3,(H,18,22)(H,19,20)/t11-,15+/m1/s1. The highest BCUT2D eigenvalue weighted by Gasteiger charge is 2.26. The van der Waals surface area contributed by atoms with Crippen LogP contribution in [0.5, 0.6) is 0 Å². The summed E-state index contributed by atoms with van der Waals surface area (Å²) >= 11 is 0. The lowest BCUT2D eigenvalue weighted by atomic mass is 9.87. The van der Waals surface area contributed by atoms with E-state index in [0.29, 0.717) is 11.6 Å². The van der Waals surface area contributed by atoms with Crippen molar-refractivity contribution >= 4 is 5.91 Å². The first-order valence-corrected chi connectivity index (χ1v) is 7.71. The molecule has 3 N–H and O–H groups in total. The van der Waals surface area contributed by atoms with Gasteiger partial charge in [0.15, 0.2) is 5.69 Å². The van der Waals surface area contributed by atoms with Gasteiger partial charge in [0.05, 0.1) is 12.6 Å². The lowest BCUT2D eigenvalue weighted by Crippen LogP contribution is -2.32. The zero-order chi connectivity index (χ0) is 15.5. The van der Waals surface area contributed by atoms with Gasteiger partial charge >= 0.3 is 0 Å². The summed E-state index contributed by atoms with van der Waals surface area (Å²) in [5, 5.41) is 19.6. The van der Waals surface area contributed by atoms with E-state index in [0.717, 1.165) is 36.1 Å². The van der Waals surface area contributed by atoms with Crippen LogP contribution in [0, 0.1) is 5.92 Å². The van der Waals surface area contributed by atoms with Crippen molar-refractivity contribution in [3.63, 3.8) is 0 Å². The van der Waals surface area contributed by atoms with Crippen LogP contribution in [0.3, 0.4) is 0 Å². The fourth-order valence-electron chi connectivity index (χ4n) is 3.00. The van der Waals surface area contributed by atoms with Gasteiger partial charge in [-0.1, -0.05) is 37.3 Å². The molecule has 1 aliphatic rings. The summed E-state index contributed by atoms with van der Waals surface area (Å²) in [5.41, 5.74) is 3.46. The molecule has 1 aromatic heterocycles. The molecule has 1 aliphatic carbocycles. The van der Waals surface area contributed by atoms with E-state index < -0.39 is 6.04 Å². The molecule has 116 valence electrons. The normalized spacial score (nSPS) is 18.5. The smallest absolute Gasteiger partial charge is 0.272 e. The maximum Gasteiger partial charge on any atom is 0.272 e. The number of amides is 1. The summed E-state index contributed by atoms with van der Waals surface area (Å²) in [6.45, 7) is 2.05. The van der Waals surface area contributed by atoms with Gasteiger partial charge in [0.25, 0.3) is 5.91 Å². The second kappa shape index (κ2) is 6.32. The molecular weight excluding hydrogens is 278 g/mol. The number of aryl methyl sites for hydroxylation is 1. The van der Waals surface area contributed by atoms with Crippen LogP contribution >= 0.6 is 0 Å². The van der Waals surface area contributed by atoms with E-state index in [4.69, 9.17) is 0 Å². The van der Waals surface area contributed by atoms with Gasteiger partial charge in [-0.2, -0.15) is 5.10 Å². The van der Waals surface area contributed by atoms with E-state index in [2.05, 4.69) is 22.4 Å². The first-order valence-electron chi connectivity index (χ1n) is 7.71. The van der Waals surface area contributed by atoms with E-state index in [1.165, 1.54) is 0 Å². The van der Waals surface area contributed by atoms with Gasteiger partial charge in [-0.05, 0) is 30.7 Å². The Hall–Kier alpha value is -2.14. The van der Waals surface area contributed by atoms with Crippen molar-refractivity contribution in [3.8, 4) is 0 Å². The minimum atomic E-state index is -0.415. The van der Waals surface area contributed by atoms with E-state index in [9.17, 15) is 9.90 Å². The Morgan fingerprint density at radius 2 is 2.23 bits per heavy atom. The van der Waals surface area contributed by atoms with Gasteiger partial charge < -0.3 is 10.4 Å². The fourth-order valence-corrected chi connectivity index (χ4v) is 3.00. The van der Waals surface area contributed by atoms with E-state index in [1.807, 2.05) is 30.3 Å². The average molecular weight is 299 g/mol. The molecule has 0 saturated carbocycles. The number of fused-ring (bicyclic) bond motifs is 1. The highest BCUT2D eigenvalue weighted by molar-refractivity contribution is 5.94. The molecule has 0 unspecified atom stereocenters. The highest BCUT2D eigenvalue weighted by atomic mass is 16.3. The molecular formula is C17H21N3O2. The number of benzene rings is 1. The van der Waals surface area contributed by atoms with Gasteiger partial charge in [0.1, 0.15) is 0 Å². The maximum absolute atomic E-state index is 12.5. The molecule has 0 aliphatic heterocycles. The topological polar surface area (TPSA) is 78.0 Å². The second-order valence-electron chi connectivity index (χ2n) is 6.00. The Labute approximate surface area is 129 Å². The predicted molar refractivity (Wildman–Crippen MR) is 83.5 cm³/mol. The monoisotopic (exact) mass is 299 g/mol. The van der Waals surface area contributed by atoms with Gasteiger partial charge in [-0.25, -0.2) is 0 Å². The van der Waals surface area contributed by atoms with Crippen molar-refractivity contribution in [3.05, 3.63) is 52.8 Å². The van der Waals surface area contributed by atoms with Crippen molar-refractivity contribution in [2.75, 3.05) is 6.61 Å². The molecule has 0 spiro atoms. The molecule has 1 aromatic carbocycles. The number of nitrogens with one attached hydrogen (secondary N) is 2. The number of hydrogen-bond acceptors (Lipinski definition) is 3. The molecule has 0 saturated heterocycles. The number of carbonyl (C=O) groups is 1. The molecule has 0 fully saturated rings. The van der Waals surface area contributed by atoms with Crippen molar-refractivity contribution in [1.82, 2.24) is 15.5 Å². The number of aliphatic hydroxyl groups is 1. The van der Waals surface area contributed by atoms with E-state index >= 15 is 0 Å². The van der Waals surface area contributed by atoms with Crippen molar-refractivity contribution in [1.29, 1.82) is 0 Å². The predicted octanol–water partition coefficient (Wildman–Crippen LogP) is 2.00. The van der Waals surface area contributed by atoms with E-state index in [-0.39, 0.29) is 12.5 Å². The van der Waals surface area contributed by atoms with Gasteiger partial charge in [-0.3, -0.25) is 9.89 Å². The summed E-state index contributed by atoms with van der Waals surface area (Å²) < 4.78 is 0. The van der Waals surface area contributed by atoms with Crippen molar-refractivity contribution < 1.29 is 9.90 Å². The Morgan fingerprint density at radius 1 is 1.45 bits per heavy atom. The summed E-state index contributed by atoms with van der Waals surface area (Å²) in [6, 6.07) is 9.06. The van der Waals surface area contributed by atoms with Gasteiger partial charge in [-0.15, -0.1) is 0 Å². The molecule has 1 amide bonds. The lowest BCUT2D eigenvalue weighted by Gasteiger charge is -2.19. The molecule has 2 aromatic rings. The number of aliphatic hydroxyl groups excluding tert-OH is 1. The SMILES string of the molecule is C[C@@H]1CCc2[nH]nc(C(=O)N[C@@H](CO)c3ccccc3)c2C1. The number of aromatic nitrogens is 2. The quantitative estimate of drug-likeness (QED) is 0.808. The molecule has 22 heavy (non-hydrogen) atoms. The average Bonchev–Trinajstić information content (AvgIpc) is 2.96. The van der Waals surface area contributed by atoms with Crippen LogP contribution in [-0.4, -0.2) is 27.8 Å². The van der Waals surface area contributed by atoms with Crippen molar-refractivity contribution in [2.45, 2.75) is 32.2 Å². The Kier molecular flexibility index (Phi) is 4.24. The van der Waals surface area contributed by atoms with Crippen molar-refractivity contribution in [2.24, 2.45) is 5.92 Å². The zero-order valence-electron chi connectivity index (χ0n) is 12.7. The molecule has 2 atom stereocenters. The molecule has 0 radical (unpaired) electrons. The van der Waals surface area contributed by atoms with Crippen LogP contribution < -0.4 is 5.32 Å². The molecule has 0 bridgehead atoms. The largest absolute Gasteiger partial charge is 0.394 e. The second-order valence-corrected chi connectivity index (χ2v) is 6.00. The molecule has 3 rings (SSSR count). The van der Waals surface area contributed by atoms with Crippen LogP contribution in [0.25, 0.3) is 0 Å². The Morgan fingerprint density at radius 3 is 2.95 bits per heavy atom. The zero-order valence-corrected chi connectivity index (χ0v) is 12.7. The first-order chi connectivity index (χ1) is 10.7. The Balaban J connectivity index is 1.78. The summed E-state index contributed by atoms with van der Waals surface area (Å²) in [7, 11) is 0. The summed E-state index contributed by atoms with van der Waals surface area (Å²) in [5.74, 6) is 0.342. The highest BCUT2D eigenvalue weighted by Crippen LogP contribution is 2.26. The first kappa shape index (κ1) is 14.8.